The van der Waals surface area contributed by atoms with Crippen LogP contribution in [0.25, 0.3) is 22.6 Å². The number of pyridine rings is 1. The third-order valence-electron chi connectivity index (χ3n) is 3.74. The standard InChI is InChI=1S/C18H15Cl2N3O2/c1-10-4-3-5-11(2)16(10)14-7-15(25-23-14)12-6-13(9-21-8-12)22-18(24)17(19)20/h3-9,17H,1-2H3,(H,22,24). The predicted molar refractivity (Wildman–Crippen MR) is 98.8 cm³/mol. The molecule has 0 fully saturated rings. The number of hydrogen-bond acceptors (Lipinski definition) is 4. The van der Waals surface area contributed by atoms with Gasteiger partial charge in [0.1, 0.15) is 5.69 Å². The van der Waals surface area contributed by atoms with Crippen LogP contribution in [0.1, 0.15) is 11.1 Å². The molecule has 0 aliphatic heterocycles. The normalized spacial score (nSPS) is 10.9. The number of benzene rings is 1. The number of hydrogen-bond donors (Lipinski definition) is 1. The average Bonchev–Trinajstić information content (AvgIpc) is 3.04. The number of nitrogens with zero attached hydrogens (tertiary/aromatic N) is 2. The molecule has 0 spiro atoms. The first-order valence-electron chi connectivity index (χ1n) is 7.53. The van der Waals surface area contributed by atoms with Gasteiger partial charge >= 0.3 is 0 Å². The molecular formula is C18H15Cl2N3O2. The number of nitrogens with one attached hydrogen (secondary N) is 1. The highest BCUT2D eigenvalue weighted by Gasteiger charge is 2.15. The van der Waals surface area contributed by atoms with E-state index in [-0.39, 0.29) is 0 Å². The van der Waals surface area contributed by atoms with Crippen LogP contribution in [0.15, 0.2) is 47.2 Å². The van der Waals surface area contributed by atoms with E-state index in [0.29, 0.717) is 17.0 Å². The molecule has 0 unspecified atom stereocenters. The van der Waals surface area contributed by atoms with Crippen LogP contribution in [0.2, 0.25) is 0 Å². The number of rotatable bonds is 4. The molecule has 2 heterocycles. The van der Waals surface area contributed by atoms with E-state index in [1.807, 2.05) is 38.1 Å². The fourth-order valence-corrected chi connectivity index (χ4v) is 2.70. The Bertz CT molecular complexity index is 902. The van der Waals surface area contributed by atoms with Crippen LogP contribution in [-0.2, 0) is 4.79 Å². The zero-order chi connectivity index (χ0) is 18.0. The number of carbonyl (C=O) groups is 1. The molecule has 128 valence electrons. The first-order valence-corrected chi connectivity index (χ1v) is 8.40. The summed E-state index contributed by atoms with van der Waals surface area (Å²) in [5, 5.41) is 6.75. The highest BCUT2D eigenvalue weighted by molar-refractivity contribution is 6.54. The lowest BCUT2D eigenvalue weighted by atomic mass is 10.00. The van der Waals surface area contributed by atoms with Gasteiger partial charge in [-0.05, 0) is 31.0 Å². The number of halogens is 2. The topological polar surface area (TPSA) is 68.0 Å². The molecule has 0 aliphatic rings. The summed E-state index contributed by atoms with van der Waals surface area (Å²) >= 11 is 11.1. The molecule has 3 aromatic rings. The monoisotopic (exact) mass is 375 g/mol. The minimum atomic E-state index is -1.15. The van der Waals surface area contributed by atoms with Crippen molar-refractivity contribution in [2.45, 2.75) is 18.7 Å². The van der Waals surface area contributed by atoms with Gasteiger partial charge in [-0.1, -0.05) is 46.6 Å². The Balaban J connectivity index is 1.92. The third-order valence-corrected chi connectivity index (χ3v) is 4.13. The van der Waals surface area contributed by atoms with Crippen LogP contribution >= 0.6 is 23.2 Å². The van der Waals surface area contributed by atoms with Crippen LogP contribution in [0.3, 0.4) is 0 Å². The number of anilines is 1. The van der Waals surface area contributed by atoms with Gasteiger partial charge in [0.15, 0.2) is 10.6 Å². The molecule has 0 bridgehead atoms. The van der Waals surface area contributed by atoms with Crippen molar-refractivity contribution >= 4 is 34.8 Å². The summed E-state index contributed by atoms with van der Waals surface area (Å²) in [7, 11) is 0. The highest BCUT2D eigenvalue weighted by Crippen LogP contribution is 2.30. The average molecular weight is 376 g/mol. The molecule has 1 aromatic carbocycles. The van der Waals surface area contributed by atoms with Crippen molar-refractivity contribution in [1.29, 1.82) is 0 Å². The molecule has 0 radical (unpaired) electrons. The van der Waals surface area contributed by atoms with E-state index >= 15 is 0 Å². The maximum absolute atomic E-state index is 11.6. The van der Waals surface area contributed by atoms with Gasteiger partial charge in [0.25, 0.3) is 5.91 Å². The van der Waals surface area contributed by atoms with Crippen molar-refractivity contribution in [3.05, 3.63) is 53.9 Å². The molecule has 0 saturated heterocycles. The molecule has 0 saturated carbocycles. The Kier molecular flexibility index (Phi) is 5.06. The van der Waals surface area contributed by atoms with Crippen LogP contribution < -0.4 is 5.32 Å². The van der Waals surface area contributed by atoms with E-state index in [9.17, 15) is 4.79 Å². The van der Waals surface area contributed by atoms with Crippen LogP contribution in [0.4, 0.5) is 5.69 Å². The molecule has 2 aromatic heterocycles. The maximum Gasteiger partial charge on any atom is 0.257 e. The minimum absolute atomic E-state index is 0.471. The van der Waals surface area contributed by atoms with Gasteiger partial charge < -0.3 is 9.84 Å². The number of carbonyl (C=O) groups excluding carboxylic acids is 1. The second-order valence-corrected chi connectivity index (χ2v) is 6.69. The summed E-state index contributed by atoms with van der Waals surface area (Å²) in [6, 6.07) is 9.64. The number of aryl methyl sites for hydroxylation is 2. The molecule has 1 N–H and O–H groups in total. The Morgan fingerprint density at radius 1 is 1.16 bits per heavy atom. The molecule has 25 heavy (non-hydrogen) atoms. The van der Waals surface area contributed by atoms with Crippen molar-refractivity contribution < 1.29 is 9.32 Å². The van der Waals surface area contributed by atoms with Gasteiger partial charge in [-0.15, -0.1) is 0 Å². The van der Waals surface area contributed by atoms with E-state index in [0.717, 1.165) is 22.4 Å². The van der Waals surface area contributed by atoms with Gasteiger partial charge in [-0.25, -0.2) is 0 Å². The Morgan fingerprint density at radius 2 is 1.88 bits per heavy atom. The van der Waals surface area contributed by atoms with Gasteiger partial charge in [0.2, 0.25) is 0 Å². The molecular weight excluding hydrogens is 361 g/mol. The van der Waals surface area contributed by atoms with E-state index < -0.39 is 10.7 Å². The minimum Gasteiger partial charge on any atom is -0.356 e. The van der Waals surface area contributed by atoms with Gasteiger partial charge in [-0.2, -0.15) is 0 Å². The second kappa shape index (κ2) is 7.25. The van der Waals surface area contributed by atoms with E-state index in [1.165, 1.54) is 6.20 Å². The summed E-state index contributed by atoms with van der Waals surface area (Å²) in [5.41, 5.74) is 5.19. The Labute approximate surface area is 155 Å². The highest BCUT2D eigenvalue weighted by atomic mass is 35.5. The summed E-state index contributed by atoms with van der Waals surface area (Å²) in [5.74, 6) is 0.0330. The molecule has 1 amide bonds. The van der Waals surface area contributed by atoms with E-state index in [4.69, 9.17) is 27.7 Å². The largest absolute Gasteiger partial charge is 0.356 e. The molecule has 0 atom stereocenters. The first kappa shape index (κ1) is 17.5. The third kappa shape index (κ3) is 3.83. The lowest BCUT2D eigenvalue weighted by Crippen LogP contribution is -2.18. The lowest BCUT2D eigenvalue weighted by Gasteiger charge is -2.06. The Hall–Kier alpha value is -2.37. The van der Waals surface area contributed by atoms with Gasteiger partial charge in [0, 0.05) is 23.4 Å². The zero-order valence-corrected chi connectivity index (χ0v) is 15.1. The predicted octanol–water partition coefficient (Wildman–Crippen LogP) is 4.76. The number of alkyl halides is 2. The van der Waals surface area contributed by atoms with Crippen molar-refractivity contribution in [1.82, 2.24) is 10.1 Å². The fraction of sp³-hybridized carbons (Fsp3) is 0.167. The van der Waals surface area contributed by atoms with Crippen LogP contribution in [0, 0.1) is 13.8 Å². The summed E-state index contributed by atoms with van der Waals surface area (Å²) in [4.78, 5) is 14.5. The van der Waals surface area contributed by atoms with Crippen molar-refractivity contribution in [2.24, 2.45) is 0 Å². The molecule has 5 nitrogen and oxygen atoms in total. The van der Waals surface area contributed by atoms with Gasteiger partial charge in [-0.3, -0.25) is 9.78 Å². The molecule has 0 aliphatic carbocycles. The maximum atomic E-state index is 11.6. The quantitative estimate of drug-likeness (QED) is 0.667. The molecule has 3 rings (SSSR count). The van der Waals surface area contributed by atoms with Crippen molar-refractivity contribution in [3.63, 3.8) is 0 Å². The first-order chi connectivity index (χ1) is 12.0. The summed E-state index contributed by atoms with van der Waals surface area (Å²) < 4.78 is 5.47. The second-order valence-electron chi connectivity index (χ2n) is 5.60. The van der Waals surface area contributed by atoms with Crippen molar-refractivity contribution in [2.75, 3.05) is 5.32 Å². The zero-order valence-electron chi connectivity index (χ0n) is 13.6. The van der Waals surface area contributed by atoms with E-state index in [2.05, 4.69) is 15.5 Å². The van der Waals surface area contributed by atoms with Crippen LogP contribution in [0.5, 0.6) is 0 Å². The van der Waals surface area contributed by atoms with Crippen LogP contribution in [-0.4, -0.2) is 20.9 Å². The SMILES string of the molecule is Cc1cccc(C)c1-c1cc(-c2cncc(NC(=O)C(Cl)Cl)c2)on1. The van der Waals surface area contributed by atoms with Crippen molar-refractivity contribution in [3.8, 4) is 22.6 Å². The van der Waals surface area contributed by atoms with E-state index in [1.54, 1.807) is 12.3 Å². The Morgan fingerprint density at radius 3 is 2.56 bits per heavy atom. The summed E-state index contributed by atoms with van der Waals surface area (Å²) in [6.45, 7) is 4.06. The lowest BCUT2D eigenvalue weighted by molar-refractivity contribution is -0.114. The number of aromatic nitrogens is 2. The number of amides is 1. The van der Waals surface area contributed by atoms with Gasteiger partial charge in [0.05, 0.1) is 11.9 Å². The molecule has 7 heteroatoms. The smallest absolute Gasteiger partial charge is 0.257 e. The fourth-order valence-electron chi connectivity index (χ4n) is 2.59. The summed E-state index contributed by atoms with van der Waals surface area (Å²) in [6.07, 6.45) is 3.13.